The number of nitro groups is 2. The summed E-state index contributed by atoms with van der Waals surface area (Å²) < 4.78 is 5.04. The van der Waals surface area contributed by atoms with Gasteiger partial charge in [-0.1, -0.05) is 19.8 Å². The lowest BCUT2D eigenvalue weighted by molar-refractivity contribution is -0.393. The van der Waals surface area contributed by atoms with Gasteiger partial charge in [-0.2, -0.15) is 0 Å². The van der Waals surface area contributed by atoms with Gasteiger partial charge in [0.05, 0.1) is 17.0 Å². The van der Waals surface area contributed by atoms with E-state index in [0.29, 0.717) is 12.1 Å². The molecule has 0 saturated carbocycles. The van der Waals surface area contributed by atoms with Crippen LogP contribution in [0.15, 0.2) is 6.07 Å². The van der Waals surface area contributed by atoms with Gasteiger partial charge < -0.3 is 10.1 Å². The zero-order chi connectivity index (χ0) is 16.0. The van der Waals surface area contributed by atoms with E-state index in [-0.39, 0.29) is 22.8 Å². The van der Waals surface area contributed by atoms with Gasteiger partial charge in [0.25, 0.3) is 5.69 Å². The molecule has 0 aliphatic rings. The van der Waals surface area contributed by atoms with Crippen LogP contribution in [-0.4, -0.2) is 23.5 Å². The molecular weight excluding hydrogens is 278 g/mol. The van der Waals surface area contributed by atoms with Crippen molar-refractivity contribution in [2.45, 2.75) is 33.1 Å². The van der Waals surface area contributed by atoms with Crippen LogP contribution in [0.5, 0.6) is 5.75 Å². The fraction of sp³-hybridized carbons (Fsp3) is 0.538. The van der Waals surface area contributed by atoms with Gasteiger partial charge in [-0.05, 0) is 13.3 Å². The maximum absolute atomic E-state index is 11.3. The molecule has 0 aliphatic carbocycles. The molecule has 21 heavy (non-hydrogen) atoms. The Morgan fingerprint density at radius 1 is 1.24 bits per heavy atom. The summed E-state index contributed by atoms with van der Waals surface area (Å²) in [6.45, 7) is 4.00. The van der Waals surface area contributed by atoms with Crippen LogP contribution in [0.2, 0.25) is 0 Å². The van der Waals surface area contributed by atoms with Crippen LogP contribution in [0.25, 0.3) is 0 Å². The average Bonchev–Trinajstić information content (AvgIpc) is 2.43. The zero-order valence-electron chi connectivity index (χ0n) is 12.3. The largest absolute Gasteiger partial charge is 0.490 e. The Morgan fingerprint density at radius 3 is 2.38 bits per heavy atom. The molecule has 0 heterocycles. The molecule has 0 saturated heterocycles. The summed E-state index contributed by atoms with van der Waals surface area (Å²) in [5, 5.41) is 25.2. The predicted molar refractivity (Wildman–Crippen MR) is 79.1 cm³/mol. The minimum atomic E-state index is -0.652. The first kappa shape index (κ1) is 16.7. The SMILES string of the molecule is CCCCCNc1c([N+](=O)[O-])cc(C)c(OC)c1[N+](=O)[O-]. The monoisotopic (exact) mass is 297 g/mol. The molecule has 0 unspecified atom stereocenters. The average molecular weight is 297 g/mol. The molecule has 0 aliphatic heterocycles. The van der Waals surface area contributed by atoms with Gasteiger partial charge in [0.1, 0.15) is 0 Å². The van der Waals surface area contributed by atoms with E-state index in [1.807, 2.05) is 6.92 Å². The maximum atomic E-state index is 11.3. The Morgan fingerprint density at radius 2 is 1.90 bits per heavy atom. The predicted octanol–water partition coefficient (Wildman–Crippen LogP) is 3.42. The first-order valence-corrected chi connectivity index (χ1v) is 6.68. The second kappa shape index (κ2) is 7.41. The number of methoxy groups -OCH3 is 1. The van der Waals surface area contributed by atoms with Crippen molar-refractivity contribution in [3.8, 4) is 5.75 Å². The third kappa shape index (κ3) is 3.80. The number of unbranched alkanes of at least 4 members (excludes halogenated alkanes) is 2. The van der Waals surface area contributed by atoms with Crippen LogP contribution in [-0.2, 0) is 0 Å². The van der Waals surface area contributed by atoms with Crippen molar-refractivity contribution < 1.29 is 14.6 Å². The number of benzene rings is 1. The van der Waals surface area contributed by atoms with Crippen LogP contribution in [0.3, 0.4) is 0 Å². The van der Waals surface area contributed by atoms with Crippen molar-refractivity contribution in [2.75, 3.05) is 19.0 Å². The Balaban J connectivity index is 3.33. The van der Waals surface area contributed by atoms with Crippen LogP contribution in [0.1, 0.15) is 31.7 Å². The molecule has 0 spiro atoms. The van der Waals surface area contributed by atoms with E-state index in [1.165, 1.54) is 13.2 Å². The van der Waals surface area contributed by atoms with E-state index in [4.69, 9.17) is 4.74 Å². The summed E-state index contributed by atoms with van der Waals surface area (Å²) in [5.74, 6) is 0.0450. The van der Waals surface area contributed by atoms with Crippen LogP contribution in [0.4, 0.5) is 17.1 Å². The zero-order valence-corrected chi connectivity index (χ0v) is 12.3. The molecule has 8 heteroatoms. The number of nitrogens with one attached hydrogen (secondary N) is 1. The fourth-order valence-electron chi connectivity index (χ4n) is 2.10. The van der Waals surface area contributed by atoms with Crippen LogP contribution in [0, 0.1) is 27.2 Å². The second-order valence-corrected chi connectivity index (χ2v) is 4.62. The molecule has 0 bridgehead atoms. The molecule has 0 fully saturated rings. The van der Waals surface area contributed by atoms with Crippen molar-refractivity contribution >= 4 is 17.1 Å². The molecule has 1 N–H and O–H groups in total. The first-order valence-electron chi connectivity index (χ1n) is 6.68. The van der Waals surface area contributed by atoms with Gasteiger partial charge >= 0.3 is 5.69 Å². The normalized spacial score (nSPS) is 10.2. The molecule has 0 aromatic heterocycles. The van der Waals surface area contributed by atoms with E-state index in [2.05, 4.69) is 5.32 Å². The minimum Gasteiger partial charge on any atom is -0.490 e. The molecule has 8 nitrogen and oxygen atoms in total. The maximum Gasteiger partial charge on any atom is 0.341 e. The lowest BCUT2D eigenvalue weighted by Gasteiger charge is -2.12. The van der Waals surface area contributed by atoms with E-state index in [1.54, 1.807) is 6.92 Å². The number of hydrogen-bond acceptors (Lipinski definition) is 6. The van der Waals surface area contributed by atoms with Gasteiger partial charge in [0.2, 0.25) is 5.75 Å². The number of rotatable bonds is 8. The molecule has 0 atom stereocenters. The van der Waals surface area contributed by atoms with Gasteiger partial charge in [-0.3, -0.25) is 20.2 Å². The molecule has 116 valence electrons. The van der Waals surface area contributed by atoms with E-state index >= 15 is 0 Å². The molecule has 0 radical (unpaired) electrons. The first-order chi connectivity index (χ1) is 9.93. The third-order valence-electron chi connectivity index (χ3n) is 3.08. The molecule has 1 aromatic carbocycles. The number of nitro benzene ring substituents is 2. The lowest BCUT2D eigenvalue weighted by Crippen LogP contribution is -2.09. The number of ether oxygens (including phenoxy) is 1. The number of hydrogen-bond donors (Lipinski definition) is 1. The van der Waals surface area contributed by atoms with Gasteiger partial charge in [0, 0.05) is 18.2 Å². The number of aryl methyl sites for hydroxylation is 1. The summed E-state index contributed by atoms with van der Waals surface area (Å²) in [6.07, 6.45) is 2.71. The highest BCUT2D eigenvalue weighted by Crippen LogP contribution is 2.43. The Hall–Kier alpha value is -2.38. The second-order valence-electron chi connectivity index (χ2n) is 4.62. The van der Waals surface area contributed by atoms with Gasteiger partial charge in [0.15, 0.2) is 5.69 Å². The molecular formula is C13H19N3O5. The van der Waals surface area contributed by atoms with E-state index < -0.39 is 9.85 Å². The molecule has 1 aromatic rings. The summed E-state index contributed by atoms with van der Waals surface area (Å²) in [4.78, 5) is 21.1. The minimum absolute atomic E-state index is 0.0450. The molecule has 1 rings (SSSR count). The van der Waals surface area contributed by atoms with Gasteiger partial charge in [-0.15, -0.1) is 0 Å². The van der Waals surface area contributed by atoms with Crippen molar-refractivity contribution in [1.82, 2.24) is 0 Å². The number of nitrogens with zero attached hydrogens (tertiary/aromatic N) is 2. The Kier molecular flexibility index (Phi) is 5.89. The third-order valence-corrected chi connectivity index (χ3v) is 3.08. The fourth-order valence-corrected chi connectivity index (χ4v) is 2.10. The quantitative estimate of drug-likeness (QED) is 0.447. The van der Waals surface area contributed by atoms with E-state index in [9.17, 15) is 20.2 Å². The van der Waals surface area contributed by atoms with Crippen molar-refractivity contribution in [2.24, 2.45) is 0 Å². The van der Waals surface area contributed by atoms with Crippen molar-refractivity contribution in [3.05, 3.63) is 31.9 Å². The summed E-state index contributed by atoms with van der Waals surface area (Å²) >= 11 is 0. The lowest BCUT2D eigenvalue weighted by atomic mass is 10.1. The van der Waals surface area contributed by atoms with Crippen LogP contribution < -0.4 is 10.1 Å². The van der Waals surface area contributed by atoms with Crippen molar-refractivity contribution in [1.29, 1.82) is 0 Å². The standard InChI is InChI=1S/C13H19N3O5/c1-4-5-6-7-14-11-10(15(17)18)8-9(2)13(21-3)12(11)16(19)20/h8,14H,4-7H2,1-3H3. The highest BCUT2D eigenvalue weighted by Gasteiger charge is 2.31. The smallest absolute Gasteiger partial charge is 0.341 e. The Bertz CT molecular complexity index is 545. The van der Waals surface area contributed by atoms with Gasteiger partial charge in [-0.25, -0.2) is 0 Å². The summed E-state index contributed by atoms with van der Waals surface area (Å²) in [6, 6.07) is 1.29. The highest BCUT2D eigenvalue weighted by atomic mass is 16.6. The number of anilines is 1. The summed E-state index contributed by atoms with van der Waals surface area (Å²) in [5.41, 5.74) is -0.434. The van der Waals surface area contributed by atoms with E-state index in [0.717, 1.165) is 19.3 Å². The summed E-state index contributed by atoms with van der Waals surface area (Å²) in [7, 11) is 1.31. The van der Waals surface area contributed by atoms with Crippen LogP contribution >= 0.6 is 0 Å². The molecule has 0 amide bonds. The Labute approximate surface area is 122 Å². The van der Waals surface area contributed by atoms with Crippen molar-refractivity contribution in [3.63, 3.8) is 0 Å². The topological polar surface area (TPSA) is 108 Å². The highest BCUT2D eigenvalue weighted by molar-refractivity contribution is 5.80.